The second kappa shape index (κ2) is 6.28. The maximum Gasteiger partial charge on any atom is -0.0199 e. The van der Waals surface area contributed by atoms with Crippen molar-refractivity contribution in [1.29, 1.82) is 0 Å². The minimum atomic E-state index is 0.483. The second-order valence-electron chi connectivity index (χ2n) is 17.7. The van der Waals surface area contributed by atoms with Gasteiger partial charge in [0.05, 0.1) is 0 Å². The fourth-order valence-electron chi connectivity index (χ4n) is 13.4. The average Bonchev–Trinajstić information content (AvgIpc) is 3.39. The quantitative estimate of drug-likeness (QED) is 0.343. The lowest BCUT2D eigenvalue weighted by Crippen LogP contribution is -2.65. The molecule has 10 unspecified atom stereocenters. The van der Waals surface area contributed by atoms with Crippen LogP contribution in [0.5, 0.6) is 0 Å². The first-order valence-electron chi connectivity index (χ1n) is 15.0. The van der Waals surface area contributed by atoms with Crippen LogP contribution in [-0.2, 0) is 0 Å². The van der Waals surface area contributed by atoms with Crippen molar-refractivity contribution in [2.75, 3.05) is 0 Å². The molecule has 6 aliphatic rings. The van der Waals surface area contributed by atoms with E-state index >= 15 is 0 Å². The van der Waals surface area contributed by atoms with Crippen molar-refractivity contribution in [1.82, 2.24) is 0 Å². The summed E-state index contributed by atoms with van der Waals surface area (Å²) in [6, 6.07) is 0. The Balaban J connectivity index is 1.40. The van der Waals surface area contributed by atoms with Crippen molar-refractivity contribution in [3.63, 3.8) is 0 Å². The average molecular weight is 453 g/mol. The summed E-state index contributed by atoms with van der Waals surface area (Å²) in [6.45, 7) is 26.8. The fourth-order valence-corrected chi connectivity index (χ4v) is 13.4. The van der Waals surface area contributed by atoms with Crippen molar-refractivity contribution in [3.8, 4) is 0 Å². The van der Waals surface area contributed by atoms with E-state index in [0.717, 1.165) is 35.5 Å². The standard InChI is InChI=1S/C33H56/c1-21-11-14-30(8)23(29(21,6)7)12-15-31(9)24-13-16-32(10)26(19-27(2,3)20-28(32,4)5)33(24)18-22(33)17-25(30)31/h21-26H,11-20H2,1-10H3. The van der Waals surface area contributed by atoms with Crippen LogP contribution >= 0.6 is 0 Å². The summed E-state index contributed by atoms with van der Waals surface area (Å²) in [5.74, 6) is 5.85. The smallest absolute Gasteiger partial charge is 0.0199 e. The highest BCUT2D eigenvalue weighted by atomic mass is 14.8. The summed E-state index contributed by atoms with van der Waals surface area (Å²) in [4.78, 5) is 0. The topological polar surface area (TPSA) is 0 Å². The van der Waals surface area contributed by atoms with E-state index in [1.165, 1.54) is 44.9 Å². The highest BCUT2D eigenvalue weighted by Crippen LogP contribution is 2.86. The Hall–Kier alpha value is 0. The summed E-state index contributed by atoms with van der Waals surface area (Å²) in [6.07, 6.45) is 15.2. The van der Waals surface area contributed by atoms with Gasteiger partial charge in [-0.25, -0.2) is 0 Å². The molecule has 6 rings (SSSR count). The van der Waals surface area contributed by atoms with Gasteiger partial charge in [-0.3, -0.25) is 0 Å². The van der Waals surface area contributed by atoms with Gasteiger partial charge in [0.2, 0.25) is 0 Å². The van der Waals surface area contributed by atoms with E-state index in [1.807, 2.05) is 0 Å². The maximum absolute atomic E-state index is 2.84. The molecule has 6 fully saturated rings. The van der Waals surface area contributed by atoms with Crippen LogP contribution in [0.1, 0.15) is 133 Å². The van der Waals surface area contributed by atoms with Crippen molar-refractivity contribution < 1.29 is 0 Å². The molecule has 0 aromatic heterocycles. The van der Waals surface area contributed by atoms with Crippen molar-refractivity contribution >= 4 is 0 Å². The first kappa shape index (κ1) is 23.4. The van der Waals surface area contributed by atoms with Crippen LogP contribution in [0.25, 0.3) is 0 Å². The van der Waals surface area contributed by atoms with Crippen LogP contribution in [0.3, 0.4) is 0 Å². The Kier molecular flexibility index (Phi) is 4.45. The summed E-state index contributed by atoms with van der Waals surface area (Å²) in [5, 5.41) is 0. The van der Waals surface area contributed by atoms with Gasteiger partial charge in [0, 0.05) is 0 Å². The van der Waals surface area contributed by atoms with Gasteiger partial charge in [-0.1, -0.05) is 69.2 Å². The van der Waals surface area contributed by atoms with Crippen LogP contribution in [0.4, 0.5) is 0 Å². The zero-order valence-corrected chi connectivity index (χ0v) is 24.0. The van der Waals surface area contributed by atoms with Crippen LogP contribution in [0.15, 0.2) is 0 Å². The van der Waals surface area contributed by atoms with E-state index < -0.39 is 0 Å². The minimum Gasteiger partial charge on any atom is -0.0620 e. The highest BCUT2D eigenvalue weighted by molar-refractivity contribution is 5.27. The van der Waals surface area contributed by atoms with Gasteiger partial charge in [0.25, 0.3) is 0 Å². The lowest BCUT2D eigenvalue weighted by atomic mass is 9.33. The monoisotopic (exact) mass is 452 g/mol. The minimum absolute atomic E-state index is 0.483. The van der Waals surface area contributed by atoms with Crippen LogP contribution in [-0.4, -0.2) is 0 Å². The van der Waals surface area contributed by atoms with Gasteiger partial charge in [-0.15, -0.1) is 0 Å². The predicted octanol–water partition coefficient (Wildman–Crippen LogP) is 9.77. The third-order valence-electron chi connectivity index (χ3n) is 15.4. The maximum atomic E-state index is 2.84. The molecular weight excluding hydrogens is 396 g/mol. The molecule has 0 radical (unpaired) electrons. The van der Waals surface area contributed by atoms with Crippen LogP contribution in [0.2, 0.25) is 0 Å². The normalized spacial score (nSPS) is 59.8. The number of rotatable bonds is 0. The van der Waals surface area contributed by atoms with E-state index in [4.69, 9.17) is 0 Å². The molecule has 0 nitrogen and oxygen atoms in total. The van der Waals surface area contributed by atoms with Gasteiger partial charge in [-0.2, -0.15) is 0 Å². The Morgan fingerprint density at radius 2 is 1.21 bits per heavy atom. The molecule has 0 saturated heterocycles. The second-order valence-corrected chi connectivity index (χ2v) is 17.7. The number of fused-ring (bicyclic) bond motifs is 5. The van der Waals surface area contributed by atoms with E-state index in [9.17, 15) is 0 Å². The fraction of sp³-hybridized carbons (Fsp3) is 1.00. The first-order valence-corrected chi connectivity index (χ1v) is 15.0. The third kappa shape index (κ3) is 2.61. The molecule has 0 bridgehead atoms. The molecule has 0 aliphatic heterocycles. The lowest BCUT2D eigenvalue weighted by molar-refractivity contribution is -0.233. The Morgan fingerprint density at radius 1 is 0.606 bits per heavy atom. The van der Waals surface area contributed by atoms with E-state index in [2.05, 4.69) is 69.2 Å². The molecule has 6 saturated carbocycles. The number of hydrogen-bond donors (Lipinski definition) is 0. The number of hydrogen-bond acceptors (Lipinski definition) is 0. The molecule has 1 spiro atoms. The summed E-state index contributed by atoms with van der Waals surface area (Å²) < 4.78 is 0. The molecular formula is C33H56. The van der Waals surface area contributed by atoms with Crippen LogP contribution < -0.4 is 0 Å². The predicted molar refractivity (Wildman–Crippen MR) is 141 cm³/mol. The van der Waals surface area contributed by atoms with Gasteiger partial charge < -0.3 is 0 Å². The molecule has 0 N–H and O–H groups in total. The van der Waals surface area contributed by atoms with E-state index in [0.29, 0.717) is 37.9 Å². The zero-order chi connectivity index (χ0) is 24.0. The van der Waals surface area contributed by atoms with Crippen LogP contribution in [0, 0.1) is 73.4 Å². The van der Waals surface area contributed by atoms with E-state index in [1.54, 1.807) is 19.3 Å². The molecule has 0 heterocycles. The molecule has 6 aliphatic carbocycles. The van der Waals surface area contributed by atoms with E-state index in [-0.39, 0.29) is 0 Å². The molecule has 0 amide bonds. The molecule has 10 atom stereocenters. The molecule has 0 heteroatoms. The molecule has 0 aromatic rings. The van der Waals surface area contributed by atoms with Gasteiger partial charge in [-0.05, 0) is 138 Å². The summed E-state index contributed by atoms with van der Waals surface area (Å²) in [5.41, 5.74) is 3.97. The van der Waals surface area contributed by atoms with Gasteiger partial charge >= 0.3 is 0 Å². The SMILES string of the molecule is CC1CCC2(C)C(CCC3(C)C2CC2CC24C3CCC2(C)C4CC(C)(C)CC2(C)C)C1(C)C. The zero-order valence-electron chi connectivity index (χ0n) is 24.0. The summed E-state index contributed by atoms with van der Waals surface area (Å²) in [7, 11) is 0. The Bertz CT molecular complexity index is 846. The van der Waals surface area contributed by atoms with Crippen molar-refractivity contribution in [3.05, 3.63) is 0 Å². The lowest BCUT2D eigenvalue weighted by Gasteiger charge is -2.72. The van der Waals surface area contributed by atoms with Crippen molar-refractivity contribution in [2.24, 2.45) is 73.4 Å². The van der Waals surface area contributed by atoms with Gasteiger partial charge in [0.1, 0.15) is 0 Å². The van der Waals surface area contributed by atoms with Crippen molar-refractivity contribution in [2.45, 2.75) is 133 Å². The summed E-state index contributed by atoms with van der Waals surface area (Å²) >= 11 is 0. The molecule has 33 heavy (non-hydrogen) atoms. The third-order valence-corrected chi connectivity index (χ3v) is 15.4. The first-order chi connectivity index (χ1) is 15.0. The largest absolute Gasteiger partial charge is 0.0620 e. The Labute approximate surface area is 206 Å². The highest BCUT2D eigenvalue weighted by Gasteiger charge is 2.78. The van der Waals surface area contributed by atoms with Gasteiger partial charge in [0.15, 0.2) is 0 Å². The molecule has 188 valence electrons. The molecule has 0 aromatic carbocycles. The Morgan fingerprint density at radius 3 is 1.91 bits per heavy atom.